The Morgan fingerprint density at radius 2 is 2.22 bits per heavy atom. The Hall–Kier alpha value is -1.71. The first-order valence-electron chi connectivity index (χ1n) is 6.35. The first-order chi connectivity index (χ1) is 8.56. The maximum atomic E-state index is 11.9. The van der Waals surface area contributed by atoms with Crippen LogP contribution in [0.15, 0.2) is 18.2 Å². The highest BCUT2D eigenvalue weighted by atomic mass is 16.5. The van der Waals surface area contributed by atoms with Gasteiger partial charge >= 0.3 is 5.97 Å². The summed E-state index contributed by atoms with van der Waals surface area (Å²) >= 11 is 0. The number of esters is 1. The molecule has 0 bridgehead atoms. The highest BCUT2D eigenvalue weighted by Gasteiger charge is 2.22. The Kier molecular flexibility index (Phi) is 3.75. The van der Waals surface area contributed by atoms with Gasteiger partial charge in [0.2, 0.25) is 0 Å². The van der Waals surface area contributed by atoms with E-state index >= 15 is 0 Å². The number of hydrogen-bond donors (Lipinski definition) is 2. The molecule has 2 rings (SSSR count). The molecule has 1 aliphatic carbocycles. The summed E-state index contributed by atoms with van der Waals surface area (Å²) in [6.07, 6.45) is 4.19. The number of carbonyl (C=O) groups excluding carboxylic acids is 1. The van der Waals surface area contributed by atoms with Crippen LogP contribution in [-0.2, 0) is 4.74 Å². The largest absolute Gasteiger partial charge is 0.506 e. The van der Waals surface area contributed by atoms with Crippen molar-refractivity contribution >= 4 is 11.7 Å². The third kappa shape index (κ3) is 2.94. The summed E-state index contributed by atoms with van der Waals surface area (Å²) in [5, 5.41) is 9.30. The Bertz CT molecular complexity index is 445. The molecule has 2 atom stereocenters. The van der Waals surface area contributed by atoms with Crippen molar-refractivity contribution in [1.82, 2.24) is 0 Å². The maximum absolute atomic E-state index is 11.9. The van der Waals surface area contributed by atoms with Gasteiger partial charge in [-0.25, -0.2) is 4.79 Å². The number of nitrogens with two attached hydrogens (primary N) is 1. The van der Waals surface area contributed by atoms with E-state index in [0.717, 1.165) is 19.3 Å². The second kappa shape index (κ2) is 5.29. The zero-order valence-corrected chi connectivity index (χ0v) is 10.6. The molecule has 4 heteroatoms. The summed E-state index contributed by atoms with van der Waals surface area (Å²) in [6.45, 7) is 2.18. The van der Waals surface area contributed by atoms with Crippen LogP contribution >= 0.6 is 0 Å². The molecule has 0 radical (unpaired) electrons. The fourth-order valence-corrected chi connectivity index (χ4v) is 2.39. The monoisotopic (exact) mass is 249 g/mol. The Morgan fingerprint density at radius 1 is 1.44 bits per heavy atom. The van der Waals surface area contributed by atoms with Crippen LogP contribution in [0.2, 0.25) is 0 Å². The molecular weight excluding hydrogens is 230 g/mol. The zero-order chi connectivity index (χ0) is 13.1. The second-order valence-electron chi connectivity index (χ2n) is 5.07. The molecule has 0 saturated heterocycles. The van der Waals surface area contributed by atoms with Crippen molar-refractivity contribution < 1.29 is 14.6 Å². The van der Waals surface area contributed by atoms with Gasteiger partial charge in [-0.2, -0.15) is 0 Å². The number of hydrogen-bond acceptors (Lipinski definition) is 4. The molecule has 1 aromatic rings. The number of rotatable bonds is 2. The Balaban J connectivity index is 2.00. The minimum atomic E-state index is -0.360. The maximum Gasteiger partial charge on any atom is 0.338 e. The predicted octanol–water partition coefficient (Wildman–Crippen LogP) is 2.71. The van der Waals surface area contributed by atoms with E-state index in [1.165, 1.54) is 24.6 Å². The van der Waals surface area contributed by atoms with E-state index in [1.807, 2.05) is 0 Å². The standard InChI is InChI=1S/C14H19NO3/c1-9-3-2-4-11(7-9)18-14(17)10-5-6-13(16)12(15)8-10/h5-6,8-9,11,16H,2-4,7,15H2,1H3. The zero-order valence-electron chi connectivity index (χ0n) is 10.6. The van der Waals surface area contributed by atoms with Crippen molar-refractivity contribution in [3.8, 4) is 5.75 Å². The molecule has 0 heterocycles. The van der Waals surface area contributed by atoms with E-state index in [4.69, 9.17) is 10.5 Å². The average molecular weight is 249 g/mol. The molecule has 1 saturated carbocycles. The van der Waals surface area contributed by atoms with E-state index in [2.05, 4.69) is 6.92 Å². The number of anilines is 1. The van der Waals surface area contributed by atoms with Crippen molar-refractivity contribution in [2.45, 2.75) is 38.7 Å². The molecule has 0 aliphatic heterocycles. The topological polar surface area (TPSA) is 72.5 Å². The highest BCUT2D eigenvalue weighted by Crippen LogP contribution is 2.27. The molecule has 1 fully saturated rings. The molecule has 1 aromatic carbocycles. The molecule has 4 nitrogen and oxygen atoms in total. The van der Waals surface area contributed by atoms with Crippen LogP contribution in [0, 0.1) is 5.92 Å². The Morgan fingerprint density at radius 3 is 2.89 bits per heavy atom. The third-order valence-corrected chi connectivity index (χ3v) is 3.43. The van der Waals surface area contributed by atoms with Crippen LogP contribution in [0.1, 0.15) is 43.0 Å². The van der Waals surface area contributed by atoms with E-state index in [0.29, 0.717) is 11.5 Å². The lowest BCUT2D eigenvalue weighted by Gasteiger charge is -2.26. The molecule has 18 heavy (non-hydrogen) atoms. The number of nitrogen functional groups attached to an aromatic ring is 1. The highest BCUT2D eigenvalue weighted by molar-refractivity contribution is 5.91. The summed E-state index contributed by atoms with van der Waals surface area (Å²) in [6, 6.07) is 4.39. The number of phenols is 1. The predicted molar refractivity (Wildman–Crippen MR) is 69.4 cm³/mol. The summed E-state index contributed by atoms with van der Waals surface area (Å²) in [4.78, 5) is 11.9. The van der Waals surface area contributed by atoms with Crippen LogP contribution in [0.25, 0.3) is 0 Å². The van der Waals surface area contributed by atoms with Crippen molar-refractivity contribution in [2.24, 2.45) is 5.92 Å². The summed E-state index contributed by atoms with van der Waals surface area (Å²) in [5.41, 5.74) is 6.14. The molecule has 0 spiro atoms. The molecule has 1 aliphatic rings. The fourth-order valence-electron chi connectivity index (χ4n) is 2.39. The average Bonchev–Trinajstić information content (AvgIpc) is 2.32. The van der Waals surface area contributed by atoms with E-state index in [1.54, 1.807) is 0 Å². The molecule has 98 valence electrons. The van der Waals surface area contributed by atoms with Gasteiger partial charge < -0.3 is 15.6 Å². The SMILES string of the molecule is CC1CCCC(OC(=O)c2ccc(O)c(N)c2)C1. The van der Waals surface area contributed by atoms with Gasteiger partial charge in [0.1, 0.15) is 11.9 Å². The lowest BCUT2D eigenvalue weighted by molar-refractivity contribution is 0.0155. The van der Waals surface area contributed by atoms with E-state index < -0.39 is 0 Å². The van der Waals surface area contributed by atoms with E-state index in [9.17, 15) is 9.90 Å². The van der Waals surface area contributed by atoms with Crippen molar-refractivity contribution in [1.29, 1.82) is 0 Å². The summed E-state index contributed by atoms with van der Waals surface area (Å²) < 4.78 is 5.47. The van der Waals surface area contributed by atoms with Gasteiger partial charge in [-0.15, -0.1) is 0 Å². The van der Waals surface area contributed by atoms with Crippen LogP contribution in [0.4, 0.5) is 5.69 Å². The third-order valence-electron chi connectivity index (χ3n) is 3.43. The minimum Gasteiger partial charge on any atom is -0.506 e. The lowest BCUT2D eigenvalue weighted by atomic mass is 9.89. The number of benzene rings is 1. The van der Waals surface area contributed by atoms with Gasteiger partial charge in [0.05, 0.1) is 11.3 Å². The molecule has 0 aromatic heterocycles. The van der Waals surface area contributed by atoms with Gasteiger partial charge in [-0.1, -0.05) is 13.3 Å². The lowest BCUT2D eigenvalue weighted by Crippen LogP contribution is -2.24. The molecule has 3 N–H and O–H groups in total. The fraction of sp³-hybridized carbons (Fsp3) is 0.500. The Labute approximate surface area is 107 Å². The van der Waals surface area contributed by atoms with Gasteiger partial charge in [-0.05, 0) is 43.4 Å². The smallest absolute Gasteiger partial charge is 0.338 e. The van der Waals surface area contributed by atoms with Crippen molar-refractivity contribution in [2.75, 3.05) is 5.73 Å². The summed E-state index contributed by atoms with van der Waals surface area (Å²) in [7, 11) is 0. The van der Waals surface area contributed by atoms with Crippen LogP contribution in [0.3, 0.4) is 0 Å². The van der Waals surface area contributed by atoms with Crippen LogP contribution in [-0.4, -0.2) is 17.2 Å². The quantitative estimate of drug-likeness (QED) is 0.480. The second-order valence-corrected chi connectivity index (χ2v) is 5.07. The number of aromatic hydroxyl groups is 1. The van der Waals surface area contributed by atoms with Gasteiger partial charge in [-0.3, -0.25) is 0 Å². The molecular formula is C14H19NO3. The minimum absolute atomic E-state index is 0.0104. The van der Waals surface area contributed by atoms with Crippen molar-refractivity contribution in [3.63, 3.8) is 0 Å². The number of ether oxygens (including phenoxy) is 1. The first kappa shape index (κ1) is 12.7. The van der Waals surface area contributed by atoms with Crippen LogP contribution < -0.4 is 5.73 Å². The molecule has 0 amide bonds. The van der Waals surface area contributed by atoms with Crippen molar-refractivity contribution in [3.05, 3.63) is 23.8 Å². The van der Waals surface area contributed by atoms with Gasteiger partial charge in [0.25, 0.3) is 0 Å². The number of phenolic OH excluding ortho intramolecular Hbond substituents is 1. The number of carbonyl (C=O) groups is 1. The first-order valence-corrected chi connectivity index (χ1v) is 6.35. The normalized spacial score (nSPS) is 23.6. The molecule has 2 unspecified atom stereocenters. The van der Waals surface area contributed by atoms with Gasteiger partial charge in [0, 0.05) is 0 Å². The summed E-state index contributed by atoms with van der Waals surface area (Å²) in [5.74, 6) is 0.236. The van der Waals surface area contributed by atoms with E-state index in [-0.39, 0.29) is 23.5 Å². The van der Waals surface area contributed by atoms with Crippen LogP contribution in [0.5, 0.6) is 5.75 Å². The van der Waals surface area contributed by atoms with Gasteiger partial charge in [0.15, 0.2) is 0 Å².